The first kappa shape index (κ1) is 61.2. The number of aliphatic hydroxyl groups is 2. The van der Waals surface area contributed by atoms with Gasteiger partial charge in [0.15, 0.2) is 23.0 Å². The van der Waals surface area contributed by atoms with E-state index in [4.69, 9.17) is 24.1 Å². The molecule has 0 radical (unpaired) electrons. The number of aliphatic carboxylic acids is 1. The zero-order valence-corrected chi connectivity index (χ0v) is 46.0. The van der Waals surface area contributed by atoms with Crippen molar-refractivity contribution < 1.29 is 91.8 Å². The third kappa shape index (κ3) is 15.2. The van der Waals surface area contributed by atoms with E-state index in [1.165, 1.54) is 4.90 Å². The summed E-state index contributed by atoms with van der Waals surface area (Å²) >= 11 is 0. The predicted octanol–water partition coefficient (Wildman–Crippen LogP) is 8.76. The van der Waals surface area contributed by atoms with Crippen LogP contribution in [-0.4, -0.2) is 130 Å². The molecule has 20 nitrogen and oxygen atoms in total. The lowest BCUT2D eigenvalue weighted by molar-refractivity contribution is -0.275. The number of hydrogen-bond donors (Lipinski definition) is 6. The summed E-state index contributed by atoms with van der Waals surface area (Å²) in [6.07, 6.45) is -13.0. The molecule has 0 bridgehead atoms. The van der Waals surface area contributed by atoms with Gasteiger partial charge in [-0.3, -0.25) is 4.79 Å². The van der Waals surface area contributed by atoms with Crippen molar-refractivity contribution in [2.24, 2.45) is 0 Å². The van der Waals surface area contributed by atoms with Crippen LogP contribution in [0.1, 0.15) is 27.7 Å². The molecular formula is C55H56F6N6O14S2. The van der Waals surface area contributed by atoms with Crippen LogP contribution in [-0.2, 0) is 29.6 Å². The molecule has 4 heterocycles. The fraction of sp³-hybridized carbons (Fsp3) is 0.309. The topological polar surface area (TPSA) is 255 Å². The van der Waals surface area contributed by atoms with Gasteiger partial charge in [0.25, 0.3) is 5.97 Å². The molecule has 0 spiro atoms. The van der Waals surface area contributed by atoms with E-state index in [0.29, 0.717) is 40.9 Å². The number of fused-ring (bicyclic) bond motifs is 4. The molecule has 0 saturated carbocycles. The van der Waals surface area contributed by atoms with Crippen LogP contribution >= 0.6 is 0 Å². The van der Waals surface area contributed by atoms with Gasteiger partial charge >= 0.3 is 18.8 Å². The number of amides is 1. The number of carbonyl (C=O) groups is 2. The number of halogens is 6. The van der Waals surface area contributed by atoms with Crippen LogP contribution in [0.25, 0.3) is 0 Å². The summed E-state index contributed by atoms with van der Waals surface area (Å²) in [6.45, 7) is 6.42. The monoisotopic (exact) mass is 1200 g/mol. The smallest absolute Gasteiger partial charge is 0.481 e. The normalized spacial score (nSPS) is 20.4. The molecule has 4 aliphatic heterocycles. The van der Waals surface area contributed by atoms with Crippen molar-refractivity contribution in [3.63, 3.8) is 0 Å². The number of nitrogens with zero attached hydrogens (tertiary/aromatic N) is 3. The average molecular weight is 1200 g/mol. The predicted molar refractivity (Wildman–Crippen MR) is 288 cm³/mol. The van der Waals surface area contributed by atoms with Gasteiger partial charge in [-0.05, 0) is 118 Å². The molecule has 6 aromatic rings. The second-order valence-electron chi connectivity index (χ2n) is 20.0. The number of carboxylic acids is 1. The molecule has 2 fully saturated rings. The third-order valence-corrected chi connectivity index (χ3v) is 15.8. The number of anilines is 4. The van der Waals surface area contributed by atoms with E-state index >= 15 is 0 Å². The molecule has 28 heteroatoms. The molecule has 4 aliphatic rings. The van der Waals surface area contributed by atoms with Crippen molar-refractivity contribution in [2.75, 3.05) is 36.0 Å². The molecule has 6 atom stereocenters. The Hall–Kier alpha value is -7.86. The van der Waals surface area contributed by atoms with Crippen LogP contribution in [0.5, 0.6) is 34.5 Å². The van der Waals surface area contributed by atoms with Gasteiger partial charge in [0.1, 0.15) is 17.1 Å². The number of para-hydroxylation sites is 8. The van der Waals surface area contributed by atoms with Gasteiger partial charge in [-0.15, -0.1) is 26.3 Å². The number of piperidine rings is 2. The fourth-order valence-corrected chi connectivity index (χ4v) is 11.9. The summed E-state index contributed by atoms with van der Waals surface area (Å²) in [7, 11) is -8.54. The van der Waals surface area contributed by atoms with Gasteiger partial charge in [-0.2, -0.15) is 0 Å². The van der Waals surface area contributed by atoms with E-state index < -0.39 is 98.3 Å². The van der Waals surface area contributed by atoms with E-state index in [1.54, 1.807) is 74.2 Å². The Balaban J connectivity index is 0.000000206. The number of nitrogens with one attached hydrogen (secondary N) is 3. The van der Waals surface area contributed by atoms with Crippen LogP contribution in [0.15, 0.2) is 155 Å². The summed E-state index contributed by atoms with van der Waals surface area (Å²) in [6, 6.07) is 32.9. The fourth-order valence-electron chi connectivity index (χ4n) is 9.45. The molecule has 2 unspecified atom stereocenters. The standard InChI is InChI=1S/C29H30F3N3O7S.C24H22F3N3O5S.C2H4O2/c1-28(2,3)42-27(37)34-16-20(33-43(38,39)19-14-12-18(13-15-19)41-29(30,31)32)26(36)23(17-34)35-21-8-4-6-10-24(21)40-25-11-7-5-9-22(25)35;25-24(26,27)35-15-9-11-16(12-10-15)36(32,33)29-17-13-28-14-20(23(17)31)30-18-5-1-3-7-21(18)34-22-8-4-2-6-19(22)30;1-2(3)4/h4-15,20,23,26,33,36H,16-17H2,1-3H3;1-12,17,20,23,28-29,31H,13-14H2;1H3,(H,3,4)/t20-,23?,26+;17-,20?,23+;/m11./s1. The maximum absolute atomic E-state index is 13.4. The second kappa shape index (κ2) is 24.5. The second-order valence-corrected chi connectivity index (χ2v) is 23.4. The van der Waals surface area contributed by atoms with Crippen LogP contribution in [0.2, 0.25) is 0 Å². The van der Waals surface area contributed by atoms with E-state index in [-0.39, 0.29) is 29.4 Å². The number of sulfonamides is 2. The first-order valence-electron chi connectivity index (χ1n) is 25.3. The minimum Gasteiger partial charge on any atom is -0.481 e. The van der Waals surface area contributed by atoms with Crippen molar-refractivity contribution in [1.29, 1.82) is 0 Å². The largest absolute Gasteiger partial charge is 0.573 e. The zero-order valence-electron chi connectivity index (χ0n) is 44.4. The van der Waals surface area contributed by atoms with E-state index in [1.807, 2.05) is 53.4 Å². The van der Waals surface area contributed by atoms with E-state index in [2.05, 4.69) is 24.2 Å². The van der Waals surface area contributed by atoms with Gasteiger partial charge in [0, 0.05) is 33.1 Å². The molecule has 83 heavy (non-hydrogen) atoms. The first-order chi connectivity index (χ1) is 39.0. The number of carboxylic acid groups (broad SMARTS) is 1. The molecular weight excluding hydrogens is 1150 g/mol. The van der Waals surface area contributed by atoms with Crippen molar-refractivity contribution >= 4 is 54.9 Å². The van der Waals surface area contributed by atoms with Gasteiger partial charge < -0.3 is 59.0 Å². The van der Waals surface area contributed by atoms with Gasteiger partial charge in [0.2, 0.25) is 20.0 Å². The van der Waals surface area contributed by atoms with Crippen molar-refractivity contribution in [3.8, 4) is 34.5 Å². The van der Waals surface area contributed by atoms with Gasteiger partial charge in [-0.1, -0.05) is 48.5 Å². The molecule has 1 amide bonds. The molecule has 10 rings (SSSR count). The SMILES string of the molecule is CC(=O)O.CC(C)(C)OC(=O)N1CC(N2c3ccccc3Oc3ccccc32)[C@@H](O)[C@H](NS(=O)(=O)c2ccc(OC(F)(F)F)cc2)C1.O=S(=O)(N[C@@H]1CNCC(N2c3ccccc3Oc3ccccc32)[C@H]1O)c1ccc(OC(F)(F)F)cc1. The number of benzene rings is 6. The summed E-state index contributed by atoms with van der Waals surface area (Å²) in [5, 5.41) is 33.6. The number of aliphatic hydroxyl groups excluding tert-OH is 2. The summed E-state index contributed by atoms with van der Waals surface area (Å²) in [5.41, 5.74) is 1.80. The highest BCUT2D eigenvalue weighted by molar-refractivity contribution is 7.89. The maximum Gasteiger partial charge on any atom is 0.573 e. The Morgan fingerprint density at radius 2 is 0.904 bits per heavy atom. The Bertz CT molecular complexity index is 3410. The maximum atomic E-state index is 13.4. The average Bonchev–Trinajstić information content (AvgIpc) is 3.60. The van der Waals surface area contributed by atoms with Gasteiger partial charge in [-0.25, -0.2) is 31.1 Å². The Labute approximate surface area is 472 Å². The Morgan fingerprint density at radius 1 is 0.554 bits per heavy atom. The summed E-state index contributed by atoms with van der Waals surface area (Å²) < 4.78 is 158. The lowest BCUT2D eigenvalue weighted by atomic mass is 9.94. The number of rotatable bonds is 10. The van der Waals surface area contributed by atoms with E-state index in [0.717, 1.165) is 66.8 Å². The summed E-state index contributed by atoms with van der Waals surface area (Å²) in [4.78, 5) is 26.7. The van der Waals surface area contributed by atoms with Crippen molar-refractivity contribution in [3.05, 3.63) is 146 Å². The summed E-state index contributed by atoms with van der Waals surface area (Å²) in [5.74, 6) is 0.247. The van der Waals surface area contributed by atoms with Crippen LogP contribution < -0.4 is 43.5 Å². The third-order valence-electron chi connectivity index (χ3n) is 12.8. The number of hydrogen-bond acceptors (Lipinski definition) is 16. The minimum atomic E-state index is -4.94. The Morgan fingerprint density at radius 3 is 1.28 bits per heavy atom. The van der Waals surface area contributed by atoms with E-state index in [9.17, 15) is 58.2 Å². The molecule has 2 saturated heterocycles. The number of ether oxygens (including phenoxy) is 5. The molecule has 0 aliphatic carbocycles. The highest BCUT2D eigenvalue weighted by Crippen LogP contribution is 2.50. The quantitative estimate of drug-likeness (QED) is 0.0701. The highest BCUT2D eigenvalue weighted by atomic mass is 32.2. The van der Waals surface area contributed by atoms with Crippen LogP contribution in [0, 0.1) is 0 Å². The number of alkyl halides is 6. The van der Waals surface area contributed by atoms with Crippen molar-refractivity contribution in [2.45, 2.75) is 92.2 Å². The number of likely N-dealkylation sites (tertiary alicyclic amines) is 1. The minimum absolute atomic E-state index is 0.0273. The van der Waals surface area contributed by atoms with Crippen molar-refractivity contribution in [1.82, 2.24) is 19.7 Å². The van der Waals surface area contributed by atoms with Crippen LogP contribution in [0.3, 0.4) is 0 Å². The van der Waals surface area contributed by atoms with Gasteiger partial charge in [0.05, 0.1) is 68.9 Å². The molecule has 0 aromatic heterocycles. The molecule has 6 aromatic carbocycles. The molecule has 6 N–H and O–H groups in total. The Kier molecular flexibility index (Phi) is 18.1. The lowest BCUT2D eigenvalue weighted by Crippen LogP contribution is -2.66. The first-order valence-corrected chi connectivity index (χ1v) is 28.2. The van der Waals surface area contributed by atoms with Crippen LogP contribution in [0.4, 0.5) is 53.9 Å². The number of carbonyl (C=O) groups excluding carboxylic acids is 1. The highest BCUT2D eigenvalue weighted by Gasteiger charge is 2.46. The zero-order chi connectivity index (χ0) is 60.2. The molecule has 444 valence electrons. The lowest BCUT2D eigenvalue weighted by Gasteiger charge is -2.48.